The number of amides is 1. The van der Waals surface area contributed by atoms with E-state index in [2.05, 4.69) is 29.0 Å². The van der Waals surface area contributed by atoms with Gasteiger partial charge in [-0.05, 0) is 58.3 Å². The van der Waals surface area contributed by atoms with E-state index < -0.39 is 0 Å². The molecule has 1 amide bonds. The van der Waals surface area contributed by atoms with E-state index in [1.165, 1.54) is 23.8 Å². The second kappa shape index (κ2) is 8.21. The van der Waals surface area contributed by atoms with Crippen molar-refractivity contribution in [3.05, 3.63) is 40.4 Å². The van der Waals surface area contributed by atoms with Gasteiger partial charge in [0.25, 0.3) is 5.56 Å². The Labute approximate surface area is 160 Å². The number of para-hydroxylation sites is 1. The van der Waals surface area contributed by atoms with E-state index in [1.807, 2.05) is 19.1 Å². The van der Waals surface area contributed by atoms with Crippen LogP contribution in [0.25, 0.3) is 10.9 Å². The van der Waals surface area contributed by atoms with Gasteiger partial charge >= 0.3 is 0 Å². The van der Waals surface area contributed by atoms with E-state index in [0.29, 0.717) is 18.5 Å². The molecule has 146 valence electrons. The van der Waals surface area contributed by atoms with Gasteiger partial charge in [-0.15, -0.1) is 0 Å². The predicted octanol–water partition coefficient (Wildman–Crippen LogP) is 2.48. The summed E-state index contributed by atoms with van der Waals surface area (Å²) in [5, 5.41) is 3.64. The molecular formula is C21H30N4O2. The first kappa shape index (κ1) is 19.5. The summed E-state index contributed by atoms with van der Waals surface area (Å²) in [6.07, 6.45) is 5.58. The molecule has 27 heavy (non-hydrogen) atoms. The minimum Gasteiger partial charge on any atom is -0.354 e. The smallest absolute Gasteiger partial charge is 0.261 e. The number of aryl methyl sites for hydroxylation is 2. The first-order valence-corrected chi connectivity index (χ1v) is 9.85. The van der Waals surface area contributed by atoms with Crippen LogP contribution >= 0.6 is 0 Å². The van der Waals surface area contributed by atoms with E-state index in [-0.39, 0.29) is 23.4 Å². The van der Waals surface area contributed by atoms with Gasteiger partial charge in [-0.25, -0.2) is 4.98 Å². The number of fused-ring (bicyclic) bond motifs is 1. The molecule has 0 atom stereocenters. The Morgan fingerprint density at radius 3 is 2.70 bits per heavy atom. The fourth-order valence-electron chi connectivity index (χ4n) is 3.73. The quantitative estimate of drug-likeness (QED) is 0.848. The molecule has 3 rings (SSSR count). The Kier molecular flexibility index (Phi) is 5.95. The number of hydrogen-bond acceptors (Lipinski definition) is 4. The number of piperidine rings is 1. The van der Waals surface area contributed by atoms with E-state index in [4.69, 9.17) is 0 Å². The van der Waals surface area contributed by atoms with Gasteiger partial charge in [-0.3, -0.25) is 19.1 Å². The van der Waals surface area contributed by atoms with Crippen LogP contribution in [-0.2, 0) is 11.3 Å². The van der Waals surface area contributed by atoms with Crippen LogP contribution in [0.15, 0.2) is 29.3 Å². The summed E-state index contributed by atoms with van der Waals surface area (Å²) < 4.78 is 1.52. The maximum Gasteiger partial charge on any atom is 0.261 e. The van der Waals surface area contributed by atoms with Crippen molar-refractivity contribution in [3.8, 4) is 0 Å². The third kappa shape index (κ3) is 4.56. The Morgan fingerprint density at radius 1 is 1.22 bits per heavy atom. The Balaban J connectivity index is 1.57. The van der Waals surface area contributed by atoms with Crippen molar-refractivity contribution in [2.45, 2.75) is 58.5 Å². The number of aromatic nitrogens is 2. The van der Waals surface area contributed by atoms with Crippen LogP contribution in [0.1, 0.15) is 45.1 Å². The van der Waals surface area contributed by atoms with Crippen molar-refractivity contribution in [3.63, 3.8) is 0 Å². The Hall–Kier alpha value is -2.21. The lowest BCUT2D eigenvalue weighted by Gasteiger charge is -2.41. The molecule has 0 aliphatic carbocycles. The zero-order valence-electron chi connectivity index (χ0n) is 16.6. The first-order chi connectivity index (χ1) is 12.9. The van der Waals surface area contributed by atoms with Crippen molar-refractivity contribution < 1.29 is 4.79 Å². The largest absolute Gasteiger partial charge is 0.354 e. The van der Waals surface area contributed by atoms with Crippen LogP contribution in [0.2, 0.25) is 0 Å². The van der Waals surface area contributed by atoms with Crippen LogP contribution in [-0.4, -0.2) is 45.5 Å². The van der Waals surface area contributed by atoms with Crippen LogP contribution in [0.4, 0.5) is 0 Å². The lowest BCUT2D eigenvalue weighted by atomic mass is 9.98. The molecule has 6 heteroatoms. The van der Waals surface area contributed by atoms with Gasteiger partial charge in [0.15, 0.2) is 0 Å². The van der Waals surface area contributed by atoms with E-state index in [1.54, 1.807) is 12.4 Å². The summed E-state index contributed by atoms with van der Waals surface area (Å²) in [6, 6.07) is 5.59. The zero-order chi connectivity index (χ0) is 19.4. The molecule has 0 bridgehead atoms. The summed E-state index contributed by atoms with van der Waals surface area (Å²) in [6.45, 7) is 9.45. The number of rotatable bonds is 6. The Morgan fingerprint density at radius 2 is 1.96 bits per heavy atom. The molecule has 1 N–H and O–H groups in total. The summed E-state index contributed by atoms with van der Waals surface area (Å²) in [7, 11) is 0. The average molecular weight is 370 g/mol. The molecule has 1 aliphatic rings. The van der Waals surface area contributed by atoms with Gasteiger partial charge in [-0.1, -0.05) is 18.6 Å². The van der Waals surface area contributed by atoms with Crippen molar-refractivity contribution in [1.29, 1.82) is 0 Å². The summed E-state index contributed by atoms with van der Waals surface area (Å²) in [5.74, 6) is -0.0312. The first-order valence-electron chi connectivity index (χ1n) is 9.85. The van der Waals surface area contributed by atoms with Gasteiger partial charge in [0.2, 0.25) is 5.91 Å². The normalized spacial score (nSPS) is 15.8. The summed E-state index contributed by atoms with van der Waals surface area (Å²) >= 11 is 0. The third-order valence-electron chi connectivity index (χ3n) is 5.57. The molecule has 0 saturated carbocycles. The van der Waals surface area contributed by atoms with E-state index in [9.17, 15) is 9.59 Å². The number of carbonyl (C=O) groups is 1. The van der Waals surface area contributed by atoms with Gasteiger partial charge in [0.05, 0.1) is 17.2 Å². The monoisotopic (exact) mass is 370 g/mol. The van der Waals surface area contributed by atoms with Crippen molar-refractivity contribution in [2.75, 3.05) is 19.6 Å². The third-order valence-corrected chi connectivity index (χ3v) is 5.57. The van der Waals surface area contributed by atoms with Crippen LogP contribution in [0.3, 0.4) is 0 Å². The Bertz CT molecular complexity index is 866. The lowest BCUT2D eigenvalue weighted by Crippen LogP contribution is -2.53. The molecule has 1 aromatic carbocycles. The molecule has 0 spiro atoms. The van der Waals surface area contributed by atoms with Crippen LogP contribution < -0.4 is 10.9 Å². The molecule has 1 aliphatic heterocycles. The lowest BCUT2D eigenvalue weighted by molar-refractivity contribution is -0.122. The molecule has 0 radical (unpaired) electrons. The molecule has 1 aromatic heterocycles. The number of nitrogens with one attached hydrogen (secondary N) is 1. The number of hydrogen-bond donors (Lipinski definition) is 1. The van der Waals surface area contributed by atoms with Crippen molar-refractivity contribution in [2.24, 2.45) is 0 Å². The van der Waals surface area contributed by atoms with Gasteiger partial charge in [0, 0.05) is 25.0 Å². The molecule has 1 saturated heterocycles. The second-order valence-corrected chi connectivity index (χ2v) is 8.10. The molecule has 2 heterocycles. The highest BCUT2D eigenvalue weighted by Crippen LogP contribution is 2.19. The molecular weight excluding hydrogens is 340 g/mol. The number of likely N-dealkylation sites (tertiary alicyclic amines) is 1. The van der Waals surface area contributed by atoms with Gasteiger partial charge in [0.1, 0.15) is 0 Å². The molecule has 0 unspecified atom stereocenters. The summed E-state index contributed by atoms with van der Waals surface area (Å²) in [4.78, 5) is 31.8. The van der Waals surface area contributed by atoms with Crippen molar-refractivity contribution >= 4 is 16.8 Å². The second-order valence-electron chi connectivity index (χ2n) is 8.10. The highest BCUT2D eigenvalue weighted by atomic mass is 16.2. The minimum absolute atomic E-state index is 0.0312. The molecule has 2 aromatic rings. The predicted molar refractivity (Wildman–Crippen MR) is 108 cm³/mol. The maximum atomic E-state index is 12.6. The molecule has 1 fully saturated rings. The fraction of sp³-hybridized carbons (Fsp3) is 0.571. The molecule has 6 nitrogen and oxygen atoms in total. The highest BCUT2D eigenvalue weighted by Gasteiger charge is 2.28. The van der Waals surface area contributed by atoms with Crippen LogP contribution in [0, 0.1) is 6.92 Å². The van der Waals surface area contributed by atoms with Crippen molar-refractivity contribution in [1.82, 2.24) is 19.8 Å². The topological polar surface area (TPSA) is 67.2 Å². The zero-order valence-corrected chi connectivity index (χ0v) is 16.6. The fourth-order valence-corrected chi connectivity index (χ4v) is 3.73. The maximum absolute atomic E-state index is 12.6. The SMILES string of the molecule is Cc1cccc2c(=O)n(CCC(=O)NCC(C)(C)N3CCCCC3)cnc12. The number of carbonyl (C=O) groups excluding carboxylic acids is 1. The summed E-state index contributed by atoms with van der Waals surface area (Å²) in [5.41, 5.74) is 1.57. The highest BCUT2D eigenvalue weighted by molar-refractivity contribution is 5.80. The van der Waals surface area contributed by atoms with E-state index >= 15 is 0 Å². The number of benzene rings is 1. The average Bonchev–Trinajstić information content (AvgIpc) is 2.67. The standard InChI is InChI=1S/C21H30N4O2/c1-16-8-7-9-17-19(16)23-15-24(20(17)27)13-10-18(26)22-14-21(2,3)25-11-5-4-6-12-25/h7-9,15H,4-6,10-14H2,1-3H3,(H,22,26). The van der Waals surface area contributed by atoms with Gasteiger partial charge < -0.3 is 5.32 Å². The minimum atomic E-state index is -0.0925. The van der Waals surface area contributed by atoms with E-state index in [0.717, 1.165) is 24.2 Å². The van der Waals surface area contributed by atoms with Gasteiger partial charge in [-0.2, -0.15) is 0 Å². The number of nitrogens with zero attached hydrogens (tertiary/aromatic N) is 3. The van der Waals surface area contributed by atoms with Crippen LogP contribution in [0.5, 0.6) is 0 Å².